The van der Waals surface area contributed by atoms with Gasteiger partial charge in [-0.25, -0.2) is 0 Å². The topological polar surface area (TPSA) is 88.6 Å². The van der Waals surface area contributed by atoms with Gasteiger partial charge in [-0.05, 0) is 44.5 Å². The van der Waals surface area contributed by atoms with Crippen LogP contribution >= 0.6 is 0 Å². The molecule has 5 rings (SSSR count). The lowest BCUT2D eigenvalue weighted by Crippen LogP contribution is -2.20. The van der Waals surface area contributed by atoms with Crippen LogP contribution in [0.25, 0.3) is 22.0 Å². The summed E-state index contributed by atoms with van der Waals surface area (Å²) in [5, 5.41) is 5.93. The molecular formula is C30H33N3O4. The molecule has 0 fully saturated rings. The molecule has 0 amide bonds. The Balaban J connectivity index is 1.50. The fraction of sp³-hybridized carbons (Fsp3) is 0.333. The van der Waals surface area contributed by atoms with Crippen molar-refractivity contribution in [3.05, 3.63) is 77.5 Å². The highest BCUT2D eigenvalue weighted by molar-refractivity contribution is 5.88. The molecule has 0 saturated heterocycles. The van der Waals surface area contributed by atoms with Gasteiger partial charge in [0.05, 0.1) is 25.2 Å². The zero-order valence-corrected chi connectivity index (χ0v) is 21.6. The van der Waals surface area contributed by atoms with Crippen LogP contribution in [0.4, 0.5) is 0 Å². The van der Waals surface area contributed by atoms with Crippen molar-refractivity contribution in [1.82, 2.24) is 9.78 Å². The lowest BCUT2D eigenvalue weighted by atomic mass is 9.94. The van der Waals surface area contributed by atoms with Crippen LogP contribution in [0, 0.1) is 0 Å². The van der Waals surface area contributed by atoms with Crippen molar-refractivity contribution < 1.29 is 19.0 Å². The number of hydrogen-bond acceptors (Lipinski definition) is 6. The van der Waals surface area contributed by atoms with Crippen molar-refractivity contribution in [2.75, 3.05) is 13.2 Å². The molecule has 37 heavy (non-hydrogen) atoms. The van der Waals surface area contributed by atoms with Crippen molar-refractivity contribution in [3.63, 3.8) is 0 Å². The molecule has 0 aliphatic carbocycles. The molecule has 1 aliphatic heterocycles. The first-order chi connectivity index (χ1) is 18.0. The highest BCUT2D eigenvalue weighted by Crippen LogP contribution is 2.40. The Kier molecular flexibility index (Phi) is 7.15. The van der Waals surface area contributed by atoms with Gasteiger partial charge in [0.15, 0.2) is 0 Å². The number of rotatable bonds is 8. The monoisotopic (exact) mass is 499 g/mol. The maximum atomic E-state index is 12.1. The number of fused-ring (bicyclic) bond motifs is 2. The Bertz CT molecular complexity index is 1430. The van der Waals surface area contributed by atoms with Gasteiger partial charge in [0, 0.05) is 40.6 Å². The smallest absolute Gasteiger partial charge is 0.310 e. The van der Waals surface area contributed by atoms with Gasteiger partial charge < -0.3 is 19.9 Å². The van der Waals surface area contributed by atoms with Gasteiger partial charge in [0.2, 0.25) is 0 Å². The molecular weight excluding hydrogens is 466 g/mol. The number of hydrogen-bond donors (Lipinski definition) is 1. The zero-order chi connectivity index (χ0) is 25.9. The van der Waals surface area contributed by atoms with Crippen LogP contribution < -0.4 is 15.2 Å². The van der Waals surface area contributed by atoms with Crippen molar-refractivity contribution >= 4 is 16.9 Å². The van der Waals surface area contributed by atoms with E-state index in [1.54, 1.807) is 6.92 Å². The second-order valence-electron chi connectivity index (χ2n) is 9.56. The predicted molar refractivity (Wildman–Crippen MR) is 144 cm³/mol. The number of nitrogens with zero attached hydrogens (tertiary/aromatic N) is 2. The lowest BCUT2D eigenvalue weighted by Gasteiger charge is -2.25. The summed E-state index contributed by atoms with van der Waals surface area (Å²) in [6, 6.07) is 20.3. The third-order valence-corrected chi connectivity index (χ3v) is 6.68. The van der Waals surface area contributed by atoms with E-state index < -0.39 is 0 Å². The normalized spacial score (nSPS) is 14.9. The molecule has 1 aromatic heterocycles. The zero-order valence-electron chi connectivity index (χ0n) is 21.6. The minimum absolute atomic E-state index is 0.0187. The van der Waals surface area contributed by atoms with Crippen LogP contribution in [-0.4, -0.2) is 29.0 Å². The van der Waals surface area contributed by atoms with E-state index in [0.717, 1.165) is 51.0 Å². The summed E-state index contributed by atoms with van der Waals surface area (Å²) in [7, 11) is 0. The Hall–Kier alpha value is -3.84. The van der Waals surface area contributed by atoms with Crippen molar-refractivity contribution in [1.29, 1.82) is 0 Å². The number of nitrogens with two attached hydrogens (primary N) is 1. The maximum absolute atomic E-state index is 12.1. The van der Waals surface area contributed by atoms with E-state index in [1.807, 2.05) is 41.1 Å². The first-order valence-electron chi connectivity index (χ1n) is 12.9. The molecule has 7 nitrogen and oxygen atoms in total. The van der Waals surface area contributed by atoms with Gasteiger partial charge in [-0.3, -0.25) is 9.48 Å². The molecule has 0 saturated carbocycles. The first-order valence-corrected chi connectivity index (χ1v) is 12.9. The Morgan fingerprint density at radius 3 is 2.81 bits per heavy atom. The molecule has 1 aliphatic rings. The highest BCUT2D eigenvalue weighted by atomic mass is 16.5. The van der Waals surface area contributed by atoms with Crippen molar-refractivity contribution in [3.8, 4) is 22.6 Å². The van der Waals surface area contributed by atoms with Crippen LogP contribution in [0.3, 0.4) is 0 Å². The quantitative estimate of drug-likeness (QED) is 0.311. The molecule has 0 spiro atoms. The molecule has 7 heteroatoms. The third-order valence-electron chi connectivity index (χ3n) is 6.68. The van der Waals surface area contributed by atoms with Crippen molar-refractivity contribution in [2.45, 2.75) is 52.3 Å². The minimum Gasteiger partial charge on any atom is -0.493 e. The summed E-state index contributed by atoms with van der Waals surface area (Å²) in [6.07, 6.45) is 0.979. The number of para-hydroxylation sites is 2. The number of aromatic nitrogens is 2. The van der Waals surface area contributed by atoms with Gasteiger partial charge in [0.25, 0.3) is 0 Å². The van der Waals surface area contributed by atoms with E-state index in [4.69, 9.17) is 25.0 Å². The summed E-state index contributed by atoms with van der Waals surface area (Å²) >= 11 is 0. The van der Waals surface area contributed by atoms with E-state index >= 15 is 0 Å². The molecule has 0 bridgehead atoms. The largest absolute Gasteiger partial charge is 0.493 e. The van der Waals surface area contributed by atoms with Crippen LogP contribution in [-0.2, 0) is 22.6 Å². The van der Waals surface area contributed by atoms with Crippen LogP contribution in [0.15, 0.2) is 60.7 Å². The molecule has 192 valence electrons. The number of esters is 1. The summed E-state index contributed by atoms with van der Waals surface area (Å²) in [5.41, 5.74) is 12.1. The average molecular weight is 500 g/mol. The van der Waals surface area contributed by atoms with Gasteiger partial charge in [-0.15, -0.1) is 0 Å². The number of carbonyl (C=O) groups is 1. The second kappa shape index (κ2) is 10.6. The van der Waals surface area contributed by atoms with Gasteiger partial charge >= 0.3 is 5.97 Å². The van der Waals surface area contributed by atoms with E-state index in [1.165, 1.54) is 0 Å². The maximum Gasteiger partial charge on any atom is 0.310 e. The molecule has 1 unspecified atom stereocenters. The number of carbonyl (C=O) groups excluding carboxylic acids is 1. The van der Waals surface area contributed by atoms with E-state index in [9.17, 15) is 4.79 Å². The van der Waals surface area contributed by atoms with Gasteiger partial charge in [0.1, 0.15) is 23.8 Å². The van der Waals surface area contributed by atoms with E-state index in [-0.39, 0.29) is 31.1 Å². The molecule has 0 radical (unpaired) electrons. The van der Waals surface area contributed by atoms with Crippen LogP contribution in [0.5, 0.6) is 11.5 Å². The molecule has 2 N–H and O–H groups in total. The van der Waals surface area contributed by atoms with Gasteiger partial charge in [-0.1, -0.05) is 42.5 Å². The SMILES string of the molecule is CCOC(=O)Cc1ccccc1OCc1nn(C(C)C)c2ccc(-c3cccc4c3OCCC4N)cc12. The standard InChI is InChI=1S/C30H33N3O4/c1-4-35-29(34)17-21-8-5-6-11-28(21)37-18-26-24-16-20(12-13-27(24)33(32-26)19(2)3)22-9-7-10-23-25(31)14-15-36-30(22)23/h5-13,16,19,25H,4,14-15,17-18,31H2,1-3H3. The van der Waals surface area contributed by atoms with Gasteiger partial charge in [-0.2, -0.15) is 5.10 Å². The third kappa shape index (κ3) is 5.04. The fourth-order valence-electron chi connectivity index (χ4n) is 4.86. The summed E-state index contributed by atoms with van der Waals surface area (Å²) in [4.78, 5) is 12.1. The summed E-state index contributed by atoms with van der Waals surface area (Å²) < 4.78 is 19.4. The number of ether oxygens (including phenoxy) is 3. The minimum atomic E-state index is -0.272. The Labute approximate surface area is 217 Å². The predicted octanol–water partition coefficient (Wildman–Crippen LogP) is 5.75. The molecule has 4 aromatic rings. The van der Waals surface area contributed by atoms with Crippen molar-refractivity contribution in [2.24, 2.45) is 5.73 Å². The van der Waals surface area contributed by atoms with Crippen LogP contribution in [0.1, 0.15) is 56.1 Å². The number of benzene rings is 3. The lowest BCUT2D eigenvalue weighted by molar-refractivity contribution is -0.142. The van der Waals surface area contributed by atoms with Crippen LogP contribution in [0.2, 0.25) is 0 Å². The van der Waals surface area contributed by atoms with E-state index in [2.05, 4.69) is 38.1 Å². The Morgan fingerprint density at radius 1 is 1.16 bits per heavy atom. The second-order valence-corrected chi connectivity index (χ2v) is 9.56. The molecule has 3 aromatic carbocycles. The molecule has 1 atom stereocenters. The summed E-state index contributed by atoms with van der Waals surface area (Å²) in [5.74, 6) is 1.24. The fourth-order valence-corrected chi connectivity index (χ4v) is 4.86. The molecule has 2 heterocycles. The Morgan fingerprint density at radius 2 is 2.00 bits per heavy atom. The highest BCUT2D eigenvalue weighted by Gasteiger charge is 2.22. The van der Waals surface area contributed by atoms with E-state index in [0.29, 0.717) is 19.0 Å². The first kappa shape index (κ1) is 24.8. The summed E-state index contributed by atoms with van der Waals surface area (Å²) in [6.45, 7) is 7.27. The average Bonchev–Trinajstić information content (AvgIpc) is 3.26.